The van der Waals surface area contributed by atoms with Gasteiger partial charge in [0.1, 0.15) is 5.69 Å². The van der Waals surface area contributed by atoms with Crippen LogP contribution in [0.1, 0.15) is 35.0 Å². The maximum atomic E-state index is 11.1. The Morgan fingerprint density at radius 2 is 2.15 bits per heavy atom. The highest BCUT2D eigenvalue weighted by Gasteiger charge is 2.09. The van der Waals surface area contributed by atoms with Gasteiger partial charge in [-0.15, -0.1) is 0 Å². The van der Waals surface area contributed by atoms with E-state index in [1.807, 2.05) is 13.0 Å². The summed E-state index contributed by atoms with van der Waals surface area (Å²) in [5.74, 6) is -0.523. The van der Waals surface area contributed by atoms with Gasteiger partial charge in [-0.25, -0.2) is 4.68 Å². The van der Waals surface area contributed by atoms with E-state index in [9.17, 15) is 4.79 Å². The zero-order valence-corrected chi connectivity index (χ0v) is 11.8. The van der Waals surface area contributed by atoms with E-state index < -0.39 is 5.91 Å². The second kappa shape index (κ2) is 5.88. The Bertz CT molecular complexity index is 618. The second-order valence-corrected chi connectivity index (χ2v) is 5.00. The first-order chi connectivity index (χ1) is 9.51. The van der Waals surface area contributed by atoms with E-state index >= 15 is 0 Å². The molecule has 0 fully saturated rings. The molecule has 0 saturated heterocycles. The molecule has 1 heterocycles. The van der Waals surface area contributed by atoms with Crippen LogP contribution in [0.25, 0.3) is 5.69 Å². The van der Waals surface area contributed by atoms with Crippen LogP contribution in [-0.2, 0) is 6.42 Å². The molecule has 5 heteroatoms. The minimum absolute atomic E-state index is 0.157. The van der Waals surface area contributed by atoms with E-state index in [-0.39, 0.29) is 11.7 Å². The SMILES string of the molecule is CCC(N)Cc1ccc(C)c(-n2ccc(C(N)=O)n2)c1. The Hall–Kier alpha value is -2.14. The highest BCUT2D eigenvalue weighted by atomic mass is 16.1. The van der Waals surface area contributed by atoms with Gasteiger partial charge in [-0.3, -0.25) is 4.79 Å². The van der Waals surface area contributed by atoms with Gasteiger partial charge in [0.2, 0.25) is 0 Å². The lowest BCUT2D eigenvalue weighted by Crippen LogP contribution is -2.21. The third-order valence-electron chi connectivity index (χ3n) is 3.38. The van der Waals surface area contributed by atoms with Gasteiger partial charge >= 0.3 is 0 Å². The first-order valence-corrected chi connectivity index (χ1v) is 6.72. The summed E-state index contributed by atoms with van der Waals surface area (Å²) in [6.07, 6.45) is 3.51. The molecule has 1 atom stereocenters. The van der Waals surface area contributed by atoms with Crippen LogP contribution in [0, 0.1) is 6.92 Å². The van der Waals surface area contributed by atoms with E-state index in [4.69, 9.17) is 11.5 Å². The van der Waals surface area contributed by atoms with Crippen molar-refractivity contribution in [2.45, 2.75) is 32.7 Å². The van der Waals surface area contributed by atoms with Crippen LogP contribution in [0.2, 0.25) is 0 Å². The van der Waals surface area contributed by atoms with Crippen molar-refractivity contribution in [3.63, 3.8) is 0 Å². The number of carbonyl (C=O) groups is 1. The van der Waals surface area contributed by atoms with E-state index in [0.29, 0.717) is 0 Å². The Balaban J connectivity index is 2.34. The molecule has 20 heavy (non-hydrogen) atoms. The van der Waals surface area contributed by atoms with Gasteiger partial charge < -0.3 is 11.5 Å². The summed E-state index contributed by atoms with van der Waals surface area (Å²) in [6.45, 7) is 4.08. The third-order valence-corrected chi connectivity index (χ3v) is 3.38. The molecule has 0 saturated carbocycles. The molecular weight excluding hydrogens is 252 g/mol. The second-order valence-electron chi connectivity index (χ2n) is 5.00. The molecule has 0 aliphatic carbocycles. The normalized spacial score (nSPS) is 12.3. The van der Waals surface area contributed by atoms with Gasteiger partial charge in [0.25, 0.3) is 5.91 Å². The standard InChI is InChI=1S/C15H20N4O/c1-3-12(16)8-11-5-4-10(2)14(9-11)19-7-6-13(18-19)15(17)20/h4-7,9,12H,3,8,16H2,1-2H3,(H2,17,20). The number of aryl methyl sites for hydroxylation is 1. The molecule has 1 aromatic carbocycles. The summed E-state index contributed by atoms with van der Waals surface area (Å²) >= 11 is 0. The number of rotatable bonds is 5. The van der Waals surface area contributed by atoms with Gasteiger partial charge in [-0.2, -0.15) is 5.10 Å². The minimum atomic E-state index is -0.523. The molecule has 1 amide bonds. The fourth-order valence-electron chi connectivity index (χ4n) is 2.07. The van der Waals surface area contributed by atoms with Crippen LogP contribution in [0.5, 0.6) is 0 Å². The first kappa shape index (κ1) is 14.3. The number of nitrogens with two attached hydrogens (primary N) is 2. The number of hydrogen-bond donors (Lipinski definition) is 2. The van der Waals surface area contributed by atoms with Crippen molar-refractivity contribution in [3.05, 3.63) is 47.3 Å². The lowest BCUT2D eigenvalue weighted by atomic mass is 10.0. The summed E-state index contributed by atoms with van der Waals surface area (Å²) in [4.78, 5) is 11.1. The van der Waals surface area contributed by atoms with Gasteiger partial charge in [0.05, 0.1) is 5.69 Å². The maximum absolute atomic E-state index is 11.1. The first-order valence-electron chi connectivity index (χ1n) is 6.72. The highest BCUT2D eigenvalue weighted by molar-refractivity contribution is 5.90. The molecule has 0 radical (unpaired) electrons. The lowest BCUT2D eigenvalue weighted by molar-refractivity contribution is 0.0995. The molecule has 0 aliphatic heterocycles. The van der Waals surface area contributed by atoms with Crippen molar-refractivity contribution in [1.29, 1.82) is 0 Å². The molecule has 0 bridgehead atoms. The molecule has 0 aliphatic rings. The Kier molecular flexibility index (Phi) is 4.20. The topological polar surface area (TPSA) is 86.9 Å². The van der Waals surface area contributed by atoms with Gasteiger partial charge in [-0.1, -0.05) is 19.1 Å². The molecular formula is C15H20N4O. The van der Waals surface area contributed by atoms with Crippen molar-refractivity contribution in [3.8, 4) is 5.69 Å². The quantitative estimate of drug-likeness (QED) is 0.866. The van der Waals surface area contributed by atoms with E-state index in [1.54, 1.807) is 16.9 Å². The monoisotopic (exact) mass is 272 g/mol. The van der Waals surface area contributed by atoms with Crippen LogP contribution >= 0.6 is 0 Å². The van der Waals surface area contributed by atoms with Gasteiger partial charge in [-0.05, 0) is 43.0 Å². The van der Waals surface area contributed by atoms with Crippen molar-refractivity contribution in [2.75, 3.05) is 0 Å². The van der Waals surface area contributed by atoms with Crippen LogP contribution in [0.3, 0.4) is 0 Å². The highest BCUT2D eigenvalue weighted by Crippen LogP contribution is 2.17. The number of primary amides is 1. The largest absolute Gasteiger partial charge is 0.364 e. The predicted molar refractivity (Wildman–Crippen MR) is 78.8 cm³/mol. The Morgan fingerprint density at radius 3 is 2.75 bits per heavy atom. The van der Waals surface area contributed by atoms with Crippen LogP contribution in [-0.4, -0.2) is 21.7 Å². The number of nitrogens with zero attached hydrogens (tertiary/aromatic N) is 2. The summed E-state index contributed by atoms with van der Waals surface area (Å²) in [7, 11) is 0. The maximum Gasteiger partial charge on any atom is 0.269 e. The molecule has 2 rings (SSSR count). The summed E-state index contributed by atoms with van der Waals surface area (Å²) in [6, 6.07) is 7.95. The van der Waals surface area contributed by atoms with Crippen LogP contribution in [0.4, 0.5) is 0 Å². The fraction of sp³-hybridized carbons (Fsp3) is 0.333. The summed E-state index contributed by atoms with van der Waals surface area (Å²) < 4.78 is 1.68. The average Bonchev–Trinajstić information content (AvgIpc) is 2.90. The predicted octanol–water partition coefficient (Wildman–Crippen LogP) is 1.56. The molecule has 106 valence electrons. The fourth-order valence-corrected chi connectivity index (χ4v) is 2.07. The molecule has 4 N–H and O–H groups in total. The van der Waals surface area contributed by atoms with E-state index in [1.165, 1.54) is 0 Å². The van der Waals surface area contributed by atoms with Gasteiger partial charge in [0.15, 0.2) is 0 Å². The van der Waals surface area contributed by atoms with Crippen LogP contribution in [0.15, 0.2) is 30.5 Å². The summed E-state index contributed by atoms with van der Waals surface area (Å²) in [5, 5.41) is 4.19. The number of hydrogen-bond acceptors (Lipinski definition) is 3. The average molecular weight is 272 g/mol. The molecule has 1 aromatic heterocycles. The Labute approximate surface area is 118 Å². The lowest BCUT2D eigenvalue weighted by Gasteiger charge is -2.12. The van der Waals surface area contributed by atoms with Crippen molar-refractivity contribution >= 4 is 5.91 Å². The molecule has 0 spiro atoms. The van der Waals surface area contributed by atoms with E-state index in [0.717, 1.165) is 29.7 Å². The number of benzene rings is 1. The van der Waals surface area contributed by atoms with Crippen molar-refractivity contribution < 1.29 is 4.79 Å². The molecule has 2 aromatic rings. The number of carbonyl (C=O) groups excluding carboxylic acids is 1. The zero-order chi connectivity index (χ0) is 14.7. The van der Waals surface area contributed by atoms with Crippen molar-refractivity contribution in [2.24, 2.45) is 11.5 Å². The Morgan fingerprint density at radius 1 is 1.40 bits per heavy atom. The van der Waals surface area contributed by atoms with Crippen LogP contribution < -0.4 is 11.5 Å². The molecule has 1 unspecified atom stereocenters. The number of aromatic nitrogens is 2. The molecule has 5 nitrogen and oxygen atoms in total. The van der Waals surface area contributed by atoms with E-state index in [2.05, 4.69) is 24.2 Å². The minimum Gasteiger partial charge on any atom is -0.364 e. The summed E-state index contributed by atoms with van der Waals surface area (Å²) in [5.41, 5.74) is 14.7. The zero-order valence-electron chi connectivity index (χ0n) is 11.8. The third kappa shape index (κ3) is 3.05. The smallest absolute Gasteiger partial charge is 0.269 e. The number of amides is 1. The van der Waals surface area contributed by atoms with Crippen molar-refractivity contribution in [1.82, 2.24) is 9.78 Å². The van der Waals surface area contributed by atoms with Gasteiger partial charge in [0, 0.05) is 12.2 Å².